The Labute approximate surface area is 214 Å². The molecule has 0 saturated heterocycles. The Morgan fingerprint density at radius 1 is 1.00 bits per heavy atom. The van der Waals surface area contributed by atoms with Crippen molar-refractivity contribution in [3.63, 3.8) is 0 Å². The second kappa shape index (κ2) is 11.6. The summed E-state index contributed by atoms with van der Waals surface area (Å²) in [6.45, 7) is 5.46. The van der Waals surface area contributed by atoms with E-state index in [1.54, 1.807) is 25.1 Å². The summed E-state index contributed by atoms with van der Waals surface area (Å²) in [7, 11) is 0. The van der Waals surface area contributed by atoms with Crippen LogP contribution in [0.2, 0.25) is 0 Å². The number of rotatable bonds is 8. The Balaban J connectivity index is 1.43. The summed E-state index contributed by atoms with van der Waals surface area (Å²) >= 11 is 0. The SMILES string of the molecule is C=CCOc1ccc(-c2ccc(OC(=O)c3ccc(C4CCC(C(C)O)CC4)c(F)c3F)cc2)cc1F. The number of hydrogen-bond donors (Lipinski definition) is 1. The standard InChI is InChI=1S/C30H29F3O4/c1-3-16-36-27-15-10-22(17-26(27)31)20-8-11-23(12-9-20)37-30(35)25-14-13-24(28(32)29(25)33)21-6-4-19(5-7-21)18(2)34/h3,8-15,17-19,21,34H,1,4-7,16H2,2H3. The van der Waals surface area contributed by atoms with Gasteiger partial charge < -0.3 is 14.6 Å². The van der Waals surface area contributed by atoms with Crippen molar-refractivity contribution in [2.75, 3.05) is 6.61 Å². The Morgan fingerprint density at radius 3 is 2.30 bits per heavy atom. The summed E-state index contributed by atoms with van der Waals surface area (Å²) in [4.78, 5) is 12.6. The van der Waals surface area contributed by atoms with Crippen LogP contribution in [0.3, 0.4) is 0 Å². The molecule has 194 valence electrons. The maximum atomic E-state index is 14.9. The zero-order valence-electron chi connectivity index (χ0n) is 20.6. The molecular weight excluding hydrogens is 481 g/mol. The molecule has 0 aliphatic heterocycles. The van der Waals surface area contributed by atoms with Gasteiger partial charge in [0.1, 0.15) is 12.4 Å². The van der Waals surface area contributed by atoms with Crippen LogP contribution >= 0.6 is 0 Å². The maximum absolute atomic E-state index is 14.9. The molecule has 1 atom stereocenters. The molecule has 0 amide bonds. The van der Waals surface area contributed by atoms with Crippen molar-refractivity contribution in [1.82, 2.24) is 0 Å². The topological polar surface area (TPSA) is 55.8 Å². The molecule has 1 saturated carbocycles. The highest BCUT2D eigenvalue weighted by atomic mass is 19.2. The maximum Gasteiger partial charge on any atom is 0.346 e. The average Bonchev–Trinajstić information content (AvgIpc) is 2.90. The molecule has 0 spiro atoms. The van der Waals surface area contributed by atoms with E-state index in [0.717, 1.165) is 12.8 Å². The van der Waals surface area contributed by atoms with E-state index in [0.29, 0.717) is 24.0 Å². The molecular formula is C30H29F3O4. The molecule has 1 fully saturated rings. The Kier molecular flexibility index (Phi) is 8.34. The lowest BCUT2D eigenvalue weighted by molar-refractivity contribution is 0.0728. The number of aliphatic hydroxyl groups excluding tert-OH is 1. The van der Waals surface area contributed by atoms with Gasteiger partial charge >= 0.3 is 5.97 Å². The van der Waals surface area contributed by atoms with Gasteiger partial charge in [0.25, 0.3) is 0 Å². The van der Waals surface area contributed by atoms with Crippen molar-refractivity contribution in [2.45, 2.75) is 44.6 Å². The number of aliphatic hydroxyl groups is 1. The molecule has 1 unspecified atom stereocenters. The Morgan fingerprint density at radius 2 is 1.68 bits per heavy atom. The van der Waals surface area contributed by atoms with Crippen LogP contribution in [0, 0.1) is 23.4 Å². The van der Waals surface area contributed by atoms with E-state index in [2.05, 4.69) is 6.58 Å². The summed E-state index contributed by atoms with van der Waals surface area (Å²) in [6.07, 6.45) is 3.88. The molecule has 4 rings (SSSR count). The van der Waals surface area contributed by atoms with Gasteiger partial charge in [-0.15, -0.1) is 0 Å². The van der Waals surface area contributed by atoms with E-state index in [1.807, 2.05) is 0 Å². The first-order chi connectivity index (χ1) is 17.8. The van der Waals surface area contributed by atoms with Crippen LogP contribution in [0.1, 0.15) is 54.4 Å². The van der Waals surface area contributed by atoms with Crippen LogP contribution in [0.4, 0.5) is 13.2 Å². The molecule has 7 heteroatoms. The van der Waals surface area contributed by atoms with Crippen LogP contribution in [-0.4, -0.2) is 23.8 Å². The smallest absolute Gasteiger partial charge is 0.346 e. The van der Waals surface area contributed by atoms with E-state index >= 15 is 0 Å². The minimum absolute atomic E-state index is 0.113. The molecule has 1 N–H and O–H groups in total. The number of hydrogen-bond acceptors (Lipinski definition) is 4. The highest BCUT2D eigenvalue weighted by Gasteiger charge is 2.29. The van der Waals surface area contributed by atoms with Gasteiger partial charge in [-0.25, -0.2) is 18.0 Å². The van der Waals surface area contributed by atoms with Crippen molar-refractivity contribution in [1.29, 1.82) is 0 Å². The quantitative estimate of drug-likeness (QED) is 0.198. The number of ether oxygens (including phenoxy) is 2. The molecule has 37 heavy (non-hydrogen) atoms. The van der Waals surface area contributed by atoms with E-state index in [1.165, 1.54) is 42.5 Å². The van der Waals surface area contributed by atoms with Gasteiger partial charge in [0.15, 0.2) is 23.2 Å². The van der Waals surface area contributed by atoms with Crippen molar-refractivity contribution in [2.24, 2.45) is 5.92 Å². The van der Waals surface area contributed by atoms with Gasteiger partial charge in [0, 0.05) is 0 Å². The fourth-order valence-corrected chi connectivity index (χ4v) is 4.77. The van der Waals surface area contributed by atoms with Crippen molar-refractivity contribution in [3.05, 3.63) is 95.8 Å². The van der Waals surface area contributed by atoms with Gasteiger partial charge in [0.05, 0.1) is 11.7 Å². The highest BCUT2D eigenvalue weighted by Crippen LogP contribution is 2.39. The summed E-state index contributed by atoms with van der Waals surface area (Å²) in [6, 6.07) is 13.5. The van der Waals surface area contributed by atoms with Gasteiger partial charge in [-0.05, 0) is 91.5 Å². The summed E-state index contributed by atoms with van der Waals surface area (Å²) in [5.41, 5.74) is 1.02. The van der Waals surface area contributed by atoms with Crippen molar-refractivity contribution >= 4 is 5.97 Å². The molecule has 0 bridgehead atoms. The average molecular weight is 511 g/mol. The zero-order valence-corrected chi connectivity index (χ0v) is 20.6. The fourth-order valence-electron chi connectivity index (χ4n) is 4.77. The van der Waals surface area contributed by atoms with Gasteiger partial charge in [-0.2, -0.15) is 0 Å². The molecule has 1 aliphatic rings. The first kappa shape index (κ1) is 26.5. The largest absolute Gasteiger partial charge is 0.486 e. The Bertz CT molecular complexity index is 1260. The molecule has 3 aromatic rings. The van der Waals surface area contributed by atoms with Crippen LogP contribution in [-0.2, 0) is 0 Å². The third-order valence-electron chi connectivity index (χ3n) is 6.91. The fraction of sp³-hybridized carbons (Fsp3) is 0.300. The lowest BCUT2D eigenvalue weighted by atomic mass is 9.76. The van der Waals surface area contributed by atoms with Gasteiger partial charge in [0.2, 0.25) is 0 Å². The minimum atomic E-state index is -1.23. The number of benzene rings is 3. The number of carbonyl (C=O) groups excluding carboxylic acids is 1. The van der Waals surface area contributed by atoms with Crippen LogP contribution in [0.5, 0.6) is 11.5 Å². The predicted molar refractivity (Wildman–Crippen MR) is 135 cm³/mol. The highest BCUT2D eigenvalue weighted by molar-refractivity contribution is 5.91. The van der Waals surface area contributed by atoms with Crippen molar-refractivity contribution in [3.8, 4) is 22.6 Å². The van der Waals surface area contributed by atoms with E-state index in [9.17, 15) is 23.1 Å². The van der Waals surface area contributed by atoms with Crippen molar-refractivity contribution < 1.29 is 32.5 Å². The molecule has 3 aromatic carbocycles. The molecule has 1 aliphatic carbocycles. The summed E-state index contributed by atoms with van der Waals surface area (Å²) in [5.74, 6) is -3.54. The monoisotopic (exact) mass is 510 g/mol. The summed E-state index contributed by atoms with van der Waals surface area (Å²) in [5, 5.41) is 9.76. The zero-order chi connectivity index (χ0) is 26.5. The number of halogens is 3. The van der Waals surface area contributed by atoms with E-state index < -0.39 is 35.1 Å². The second-order valence-electron chi connectivity index (χ2n) is 9.34. The molecule has 0 radical (unpaired) electrons. The number of esters is 1. The lowest BCUT2D eigenvalue weighted by Gasteiger charge is -2.30. The normalized spacial score (nSPS) is 18.2. The number of carbonyl (C=O) groups is 1. The molecule has 4 nitrogen and oxygen atoms in total. The third-order valence-corrected chi connectivity index (χ3v) is 6.91. The van der Waals surface area contributed by atoms with Gasteiger partial charge in [-0.1, -0.05) is 36.9 Å². The molecule has 0 heterocycles. The van der Waals surface area contributed by atoms with Crippen LogP contribution in [0.15, 0.2) is 67.3 Å². The van der Waals surface area contributed by atoms with Gasteiger partial charge in [-0.3, -0.25) is 0 Å². The third kappa shape index (κ3) is 6.05. The Hall–Kier alpha value is -3.58. The second-order valence-corrected chi connectivity index (χ2v) is 9.34. The van der Waals surface area contributed by atoms with E-state index in [4.69, 9.17) is 9.47 Å². The summed E-state index contributed by atoms with van der Waals surface area (Å²) < 4.78 is 54.5. The van der Waals surface area contributed by atoms with E-state index in [-0.39, 0.29) is 35.5 Å². The first-order valence-electron chi connectivity index (χ1n) is 12.3. The minimum Gasteiger partial charge on any atom is -0.486 e. The predicted octanol–water partition coefficient (Wildman–Crippen LogP) is 7.21. The lowest BCUT2D eigenvalue weighted by Crippen LogP contribution is -2.23. The first-order valence-corrected chi connectivity index (χ1v) is 12.3. The van der Waals surface area contributed by atoms with Crippen LogP contribution < -0.4 is 9.47 Å². The molecule has 0 aromatic heterocycles. The van der Waals surface area contributed by atoms with Crippen LogP contribution in [0.25, 0.3) is 11.1 Å².